The highest BCUT2D eigenvalue weighted by Gasteiger charge is 2.36. The van der Waals surface area contributed by atoms with E-state index in [1.807, 2.05) is 0 Å². The molecule has 1 aliphatic carbocycles. The molecule has 1 atom stereocenters. The maximum atomic E-state index is 11.7. The molecule has 0 N–H and O–H groups in total. The highest BCUT2D eigenvalue weighted by Crippen LogP contribution is 2.38. The highest BCUT2D eigenvalue weighted by molar-refractivity contribution is 5.60. The smallest absolute Gasteiger partial charge is 0.127 e. The number of nitrogens with zero attached hydrogens (tertiary/aromatic N) is 1. The lowest BCUT2D eigenvalue weighted by Gasteiger charge is -2.38. The lowest BCUT2D eigenvalue weighted by molar-refractivity contribution is -0.119. The summed E-state index contributed by atoms with van der Waals surface area (Å²) in [6.45, 7) is 10.5. The third-order valence-corrected chi connectivity index (χ3v) is 5.87. The fourth-order valence-electron chi connectivity index (χ4n) is 4.10. The van der Waals surface area contributed by atoms with Crippen molar-refractivity contribution >= 4 is 6.29 Å². The van der Waals surface area contributed by atoms with Crippen LogP contribution in [0.25, 0.3) is 0 Å². The molecule has 2 heteroatoms. The van der Waals surface area contributed by atoms with Crippen molar-refractivity contribution in [1.82, 2.24) is 4.90 Å². The molecule has 0 radical (unpaired) electrons. The number of rotatable bonds is 4. The topological polar surface area (TPSA) is 20.3 Å². The molecule has 0 spiro atoms. The van der Waals surface area contributed by atoms with Crippen LogP contribution in [-0.2, 0) is 4.79 Å². The Kier molecular flexibility index (Phi) is 5.65. The van der Waals surface area contributed by atoms with Gasteiger partial charge in [0.2, 0.25) is 0 Å². The Labute approximate surface area is 125 Å². The van der Waals surface area contributed by atoms with Gasteiger partial charge in [-0.1, -0.05) is 20.8 Å². The summed E-state index contributed by atoms with van der Waals surface area (Å²) in [6.07, 6.45) is 10.0. The molecule has 1 aliphatic heterocycles. The van der Waals surface area contributed by atoms with Crippen molar-refractivity contribution in [3.05, 3.63) is 0 Å². The van der Waals surface area contributed by atoms with Gasteiger partial charge in [0.15, 0.2) is 0 Å². The summed E-state index contributed by atoms with van der Waals surface area (Å²) in [5.41, 5.74) is -0.0236. The zero-order chi connectivity index (χ0) is 14.6. The Bertz CT molecular complexity index is 305. The third-order valence-electron chi connectivity index (χ3n) is 5.87. The molecule has 1 saturated carbocycles. The van der Waals surface area contributed by atoms with Crippen LogP contribution < -0.4 is 0 Å². The molecule has 1 unspecified atom stereocenters. The standard InChI is InChI=1S/C18H33NO/c1-15(2)17-5-4-11-19(12-8-17)13-18(14-20)9-6-16(3)7-10-18/h14-17H,4-13H2,1-3H3. The van der Waals surface area contributed by atoms with Crippen LogP contribution >= 0.6 is 0 Å². The lowest BCUT2D eigenvalue weighted by Crippen LogP contribution is -2.41. The van der Waals surface area contributed by atoms with Crippen LogP contribution in [0.1, 0.15) is 65.7 Å². The second kappa shape index (κ2) is 7.06. The quantitative estimate of drug-likeness (QED) is 0.721. The van der Waals surface area contributed by atoms with Gasteiger partial charge in [0.25, 0.3) is 0 Å². The van der Waals surface area contributed by atoms with Gasteiger partial charge in [-0.3, -0.25) is 0 Å². The number of aldehydes is 1. The molecular formula is C18H33NO. The fraction of sp³-hybridized carbons (Fsp3) is 0.944. The first-order chi connectivity index (χ1) is 9.54. The lowest BCUT2D eigenvalue weighted by atomic mass is 9.71. The van der Waals surface area contributed by atoms with Gasteiger partial charge in [0.05, 0.1) is 0 Å². The van der Waals surface area contributed by atoms with Gasteiger partial charge in [-0.2, -0.15) is 0 Å². The average molecular weight is 279 g/mol. The molecular weight excluding hydrogens is 246 g/mol. The molecule has 2 aliphatic rings. The minimum atomic E-state index is -0.0236. The van der Waals surface area contributed by atoms with E-state index in [9.17, 15) is 4.79 Å². The number of hydrogen-bond acceptors (Lipinski definition) is 2. The van der Waals surface area contributed by atoms with Crippen LogP contribution in [0.4, 0.5) is 0 Å². The van der Waals surface area contributed by atoms with Crippen LogP contribution in [0.3, 0.4) is 0 Å². The van der Waals surface area contributed by atoms with Gasteiger partial charge in [0.1, 0.15) is 6.29 Å². The Morgan fingerprint density at radius 3 is 2.45 bits per heavy atom. The summed E-state index contributed by atoms with van der Waals surface area (Å²) in [5, 5.41) is 0. The van der Waals surface area contributed by atoms with Gasteiger partial charge in [-0.25, -0.2) is 0 Å². The van der Waals surface area contributed by atoms with Gasteiger partial charge < -0.3 is 9.69 Å². The van der Waals surface area contributed by atoms with E-state index in [1.54, 1.807) is 0 Å². The van der Waals surface area contributed by atoms with Gasteiger partial charge in [-0.05, 0) is 75.8 Å². The van der Waals surface area contributed by atoms with Crippen molar-refractivity contribution < 1.29 is 4.79 Å². The SMILES string of the molecule is CC1CCC(C=O)(CN2CCCC(C(C)C)CC2)CC1. The van der Waals surface area contributed by atoms with Crippen LogP contribution in [-0.4, -0.2) is 30.8 Å². The van der Waals surface area contributed by atoms with Crippen molar-refractivity contribution in [2.75, 3.05) is 19.6 Å². The molecule has 2 fully saturated rings. The van der Waals surface area contributed by atoms with E-state index in [2.05, 4.69) is 25.7 Å². The molecule has 116 valence electrons. The summed E-state index contributed by atoms with van der Waals surface area (Å²) >= 11 is 0. The Morgan fingerprint density at radius 2 is 1.85 bits per heavy atom. The fourth-order valence-corrected chi connectivity index (χ4v) is 4.10. The molecule has 2 rings (SSSR count). The Morgan fingerprint density at radius 1 is 1.15 bits per heavy atom. The molecule has 0 amide bonds. The van der Waals surface area contributed by atoms with Crippen molar-refractivity contribution in [1.29, 1.82) is 0 Å². The second-order valence-electron chi connectivity index (χ2n) is 7.87. The van der Waals surface area contributed by atoms with E-state index in [-0.39, 0.29) is 5.41 Å². The number of hydrogen-bond donors (Lipinski definition) is 0. The van der Waals surface area contributed by atoms with E-state index in [0.717, 1.165) is 37.1 Å². The van der Waals surface area contributed by atoms with E-state index >= 15 is 0 Å². The van der Waals surface area contributed by atoms with Crippen molar-refractivity contribution in [3.63, 3.8) is 0 Å². The molecule has 0 aromatic carbocycles. The second-order valence-corrected chi connectivity index (χ2v) is 7.87. The first kappa shape index (κ1) is 16.0. The molecule has 1 saturated heterocycles. The van der Waals surface area contributed by atoms with E-state index < -0.39 is 0 Å². The molecule has 1 heterocycles. The summed E-state index contributed by atoms with van der Waals surface area (Å²) in [5.74, 6) is 2.52. The average Bonchev–Trinajstić information content (AvgIpc) is 2.67. The Hall–Kier alpha value is -0.370. The van der Waals surface area contributed by atoms with E-state index in [4.69, 9.17) is 0 Å². The van der Waals surface area contributed by atoms with Crippen LogP contribution in [0.15, 0.2) is 0 Å². The largest absolute Gasteiger partial charge is 0.303 e. The Balaban J connectivity index is 1.90. The summed E-state index contributed by atoms with van der Waals surface area (Å²) in [4.78, 5) is 14.3. The van der Waals surface area contributed by atoms with Crippen molar-refractivity contribution in [2.24, 2.45) is 23.2 Å². The number of likely N-dealkylation sites (tertiary alicyclic amines) is 1. The normalized spacial score (nSPS) is 36.8. The third kappa shape index (κ3) is 4.07. The summed E-state index contributed by atoms with van der Waals surface area (Å²) in [7, 11) is 0. The van der Waals surface area contributed by atoms with E-state index in [1.165, 1.54) is 51.5 Å². The predicted molar refractivity (Wildman–Crippen MR) is 84.7 cm³/mol. The molecule has 0 aromatic heterocycles. The van der Waals surface area contributed by atoms with Crippen molar-refractivity contribution in [2.45, 2.75) is 65.7 Å². The molecule has 0 bridgehead atoms. The molecule has 0 aromatic rings. The first-order valence-corrected chi connectivity index (χ1v) is 8.73. The minimum Gasteiger partial charge on any atom is -0.303 e. The van der Waals surface area contributed by atoms with Crippen LogP contribution in [0, 0.1) is 23.2 Å². The first-order valence-electron chi connectivity index (χ1n) is 8.73. The summed E-state index contributed by atoms with van der Waals surface area (Å²) < 4.78 is 0. The van der Waals surface area contributed by atoms with Gasteiger partial charge in [0, 0.05) is 12.0 Å². The number of carbonyl (C=O) groups is 1. The molecule has 2 nitrogen and oxygen atoms in total. The zero-order valence-electron chi connectivity index (χ0n) is 13.7. The summed E-state index contributed by atoms with van der Waals surface area (Å²) in [6, 6.07) is 0. The zero-order valence-corrected chi connectivity index (χ0v) is 13.7. The maximum absolute atomic E-state index is 11.7. The highest BCUT2D eigenvalue weighted by atomic mass is 16.1. The monoisotopic (exact) mass is 279 g/mol. The van der Waals surface area contributed by atoms with Gasteiger partial charge >= 0.3 is 0 Å². The van der Waals surface area contributed by atoms with Crippen LogP contribution in [0.5, 0.6) is 0 Å². The van der Waals surface area contributed by atoms with Crippen molar-refractivity contribution in [3.8, 4) is 0 Å². The van der Waals surface area contributed by atoms with Gasteiger partial charge in [-0.15, -0.1) is 0 Å². The maximum Gasteiger partial charge on any atom is 0.127 e. The predicted octanol–water partition coefficient (Wildman–Crippen LogP) is 4.14. The van der Waals surface area contributed by atoms with Crippen LogP contribution in [0.2, 0.25) is 0 Å². The molecule has 20 heavy (non-hydrogen) atoms. The van der Waals surface area contributed by atoms with E-state index in [0.29, 0.717) is 0 Å². The number of carbonyl (C=O) groups excluding carboxylic acids is 1. The minimum absolute atomic E-state index is 0.0236.